The zero-order valence-electron chi connectivity index (χ0n) is 10.8. The molecule has 1 aliphatic heterocycles. The van der Waals surface area contributed by atoms with E-state index < -0.39 is 0 Å². The molecule has 1 saturated carbocycles. The highest BCUT2D eigenvalue weighted by Gasteiger charge is 2.27. The fraction of sp³-hybridized carbons (Fsp3) is 0.500. The van der Waals surface area contributed by atoms with Crippen LogP contribution in [0.5, 0.6) is 0 Å². The van der Waals surface area contributed by atoms with Crippen molar-refractivity contribution < 1.29 is 9.18 Å². The molecule has 1 aromatic rings. The number of benzene rings is 1. The molecule has 2 fully saturated rings. The summed E-state index contributed by atoms with van der Waals surface area (Å²) in [5.74, 6) is -0.216. The number of hydrogen-bond donors (Lipinski definition) is 1. The van der Waals surface area contributed by atoms with Gasteiger partial charge >= 0.3 is 6.03 Å². The summed E-state index contributed by atoms with van der Waals surface area (Å²) in [6, 6.07) is 7.05. The van der Waals surface area contributed by atoms with Gasteiger partial charge in [-0.2, -0.15) is 0 Å². The molecule has 3 rings (SSSR count). The van der Waals surface area contributed by atoms with Crippen LogP contribution >= 0.6 is 0 Å². The number of nitrogens with zero attached hydrogens (tertiary/aromatic N) is 2. The van der Waals surface area contributed by atoms with Crippen molar-refractivity contribution in [1.29, 1.82) is 0 Å². The molecule has 4 nitrogen and oxygen atoms in total. The molecule has 0 aromatic heterocycles. The van der Waals surface area contributed by atoms with Crippen LogP contribution in [0.1, 0.15) is 12.8 Å². The molecule has 1 heterocycles. The van der Waals surface area contributed by atoms with Crippen molar-refractivity contribution in [3.8, 4) is 0 Å². The summed E-state index contributed by atoms with van der Waals surface area (Å²) in [6.07, 6.45) is 2.21. The normalized spacial score (nSPS) is 19.4. The van der Waals surface area contributed by atoms with Crippen molar-refractivity contribution in [2.24, 2.45) is 0 Å². The molecular weight excluding hydrogens is 245 g/mol. The van der Waals surface area contributed by atoms with Crippen LogP contribution in [0.3, 0.4) is 0 Å². The van der Waals surface area contributed by atoms with Gasteiger partial charge in [0.05, 0.1) is 0 Å². The van der Waals surface area contributed by atoms with Crippen LogP contribution in [0.25, 0.3) is 0 Å². The Bertz CT molecular complexity index is 468. The molecule has 1 saturated heterocycles. The first kappa shape index (κ1) is 12.3. The largest absolute Gasteiger partial charge is 0.368 e. The Morgan fingerprint density at radius 3 is 2.58 bits per heavy atom. The topological polar surface area (TPSA) is 35.6 Å². The molecule has 0 radical (unpaired) electrons. The number of piperazine rings is 1. The van der Waals surface area contributed by atoms with E-state index in [0.717, 1.165) is 31.6 Å². The minimum absolute atomic E-state index is 0.0430. The van der Waals surface area contributed by atoms with E-state index in [4.69, 9.17) is 0 Å². The third kappa shape index (κ3) is 2.97. The quantitative estimate of drug-likeness (QED) is 0.883. The van der Waals surface area contributed by atoms with E-state index in [-0.39, 0.29) is 11.8 Å². The highest BCUT2D eigenvalue weighted by atomic mass is 19.1. The second-order valence-electron chi connectivity index (χ2n) is 5.18. The zero-order valence-corrected chi connectivity index (χ0v) is 10.8. The van der Waals surface area contributed by atoms with Crippen LogP contribution in [-0.4, -0.2) is 43.2 Å². The van der Waals surface area contributed by atoms with Gasteiger partial charge in [-0.15, -0.1) is 0 Å². The molecule has 0 atom stereocenters. The Balaban J connectivity index is 1.55. The van der Waals surface area contributed by atoms with E-state index in [1.54, 1.807) is 12.1 Å². The molecule has 0 spiro atoms. The van der Waals surface area contributed by atoms with Gasteiger partial charge in [0.15, 0.2) is 0 Å². The lowest BCUT2D eigenvalue weighted by atomic mass is 10.2. The molecule has 5 heteroatoms. The Morgan fingerprint density at radius 2 is 1.95 bits per heavy atom. The Morgan fingerprint density at radius 1 is 1.21 bits per heavy atom. The zero-order chi connectivity index (χ0) is 13.2. The van der Waals surface area contributed by atoms with Crippen LogP contribution in [-0.2, 0) is 0 Å². The van der Waals surface area contributed by atoms with E-state index in [1.165, 1.54) is 6.07 Å². The van der Waals surface area contributed by atoms with Crippen LogP contribution in [0.2, 0.25) is 0 Å². The van der Waals surface area contributed by atoms with Gasteiger partial charge in [0.25, 0.3) is 0 Å². The summed E-state index contributed by atoms with van der Waals surface area (Å²) in [5, 5.41) is 3.00. The maximum Gasteiger partial charge on any atom is 0.317 e. The van der Waals surface area contributed by atoms with E-state index in [0.29, 0.717) is 19.1 Å². The smallest absolute Gasteiger partial charge is 0.317 e. The van der Waals surface area contributed by atoms with Crippen molar-refractivity contribution in [3.05, 3.63) is 30.1 Å². The first-order chi connectivity index (χ1) is 9.22. The van der Waals surface area contributed by atoms with E-state index >= 15 is 0 Å². The Kier molecular flexibility index (Phi) is 3.27. The van der Waals surface area contributed by atoms with Crippen molar-refractivity contribution >= 4 is 11.7 Å². The molecular formula is C14H18FN3O. The second kappa shape index (κ2) is 5.07. The first-order valence-corrected chi connectivity index (χ1v) is 6.78. The van der Waals surface area contributed by atoms with E-state index in [9.17, 15) is 9.18 Å². The second-order valence-corrected chi connectivity index (χ2v) is 5.18. The maximum atomic E-state index is 13.2. The highest BCUT2D eigenvalue weighted by Crippen LogP contribution is 2.20. The molecule has 19 heavy (non-hydrogen) atoms. The molecule has 102 valence electrons. The maximum absolute atomic E-state index is 13.2. The first-order valence-electron chi connectivity index (χ1n) is 6.78. The average molecular weight is 263 g/mol. The standard InChI is InChI=1S/C14H18FN3O/c15-11-2-1-3-13(10-11)17-6-8-18(9-7-17)14(19)16-12-4-5-12/h1-3,10,12H,4-9H2,(H,16,19). The molecule has 1 aliphatic carbocycles. The van der Waals surface area contributed by atoms with Gasteiger partial charge in [0.1, 0.15) is 5.82 Å². The SMILES string of the molecule is O=C(NC1CC1)N1CCN(c2cccc(F)c2)CC1. The van der Waals surface area contributed by atoms with Crippen LogP contribution in [0.4, 0.5) is 14.9 Å². The molecule has 0 unspecified atom stereocenters. The lowest BCUT2D eigenvalue weighted by molar-refractivity contribution is 0.194. The molecule has 2 aliphatic rings. The monoisotopic (exact) mass is 263 g/mol. The van der Waals surface area contributed by atoms with Gasteiger partial charge in [0.2, 0.25) is 0 Å². The van der Waals surface area contributed by atoms with Gasteiger partial charge in [0, 0.05) is 37.9 Å². The van der Waals surface area contributed by atoms with Crippen LogP contribution < -0.4 is 10.2 Å². The number of halogens is 1. The minimum atomic E-state index is -0.216. The number of nitrogens with one attached hydrogen (secondary N) is 1. The van der Waals surface area contributed by atoms with Gasteiger partial charge < -0.3 is 15.1 Å². The van der Waals surface area contributed by atoms with Crippen LogP contribution in [0.15, 0.2) is 24.3 Å². The van der Waals surface area contributed by atoms with E-state index in [1.807, 2.05) is 11.0 Å². The average Bonchev–Trinajstić information content (AvgIpc) is 3.23. The van der Waals surface area contributed by atoms with E-state index in [2.05, 4.69) is 10.2 Å². The molecule has 1 aromatic carbocycles. The lowest BCUT2D eigenvalue weighted by Gasteiger charge is -2.36. The number of urea groups is 1. The summed E-state index contributed by atoms with van der Waals surface area (Å²) in [6.45, 7) is 2.88. The number of carbonyl (C=O) groups is 1. The van der Waals surface area contributed by atoms with Gasteiger partial charge in [-0.3, -0.25) is 0 Å². The Labute approximate surface area is 112 Å². The van der Waals surface area contributed by atoms with Crippen molar-refractivity contribution in [2.75, 3.05) is 31.1 Å². The number of amides is 2. The summed E-state index contributed by atoms with van der Waals surface area (Å²) >= 11 is 0. The summed E-state index contributed by atoms with van der Waals surface area (Å²) in [4.78, 5) is 15.8. The molecule has 2 amide bonds. The predicted octanol–water partition coefficient (Wildman–Crippen LogP) is 1.82. The summed E-state index contributed by atoms with van der Waals surface area (Å²) in [7, 11) is 0. The summed E-state index contributed by atoms with van der Waals surface area (Å²) < 4.78 is 13.2. The van der Waals surface area contributed by atoms with Gasteiger partial charge in [-0.25, -0.2) is 9.18 Å². The fourth-order valence-corrected chi connectivity index (χ4v) is 2.33. The molecule has 0 bridgehead atoms. The predicted molar refractivity (Wildman–Crippen MR) is 71.7 cm³/mol. The number of rotatable bonds is 2. The van der Waals surface area contributed by atoms with Gasteiger partial charge in [-0.05, 0) is 31.0 Å². The van der Waals surface area contributed by atoms with Crippen LogP contribution in [0, 0.1) is 5.82 Å². The fourth-order valence-electron chi connectivity index (χ4n) is 2.33. The summed E-state index contributed by atoms with van der Waals surface area (Å²) in [5.41, 5.74) is 0.891. The van der Waals surface area contributed by atoms with Gasteiger partial charge in [-0.1, -0.05) is 6.07 Å². The van der Waals surface area contributed by atoms with Crippen molar-refractivity contribution in [2.45, 2.75) is 18.9 Å². The van der Waals surface area contributed by atoms with Crippen molar-refractivity contribution in [1.82, 2.24) is 10.2 Å². The number of carbonyl (C=O) groups excluding carboxylic acids is 1. The lowest BCUT2D eigenvalue weighted by Crippen LogP contribution is -2.52. The number of anilines is 1. The third-order valence-electron chi connectivity index (χ3n) is 3.65. The Hall–Kier alpha value is -1.78. The van der Waals surface area contributed by atoms with Crippen molar-refractivity contribution in [3.63, 3.8) is 0 Å². The third-order valence-corrected chi connectivity index (χ3v) is 3.65. The number of hydrogen-bond acceptors (Lipinski definition) is 2. The highest BCUT2D eigenvalue weighted by molar-refractivity contribution is 5.75. The minimum Gasteiger partial charge on any atom is -0.368 e. The molecule has 1 N–H and O–H groups in total.